The number of ether oxygens (including phenoxy) is 1. The van der Waals surface area contributed by atoms with Crippen LogP contribution in [-0.2, 0) is 10.9 Å². The van der Waals surface area contributed by atoms with E-state index in [9.17, 15) is 18.0 Å². The van der Waals surface area contributed by atoms with E-state index in [1.165, 1.54) is 12.1 Å². The Bertz CT molecular complexity index is 1200. The number of anilines is 1. The van der Waals surface area contributed by atoms with E-state index < -0.39 is 17.8 Å². The molecule has 1 amide bonds. The smallest absolute Gasteiger partial charge is 0.378 e. The summed E-state index contributed by atoms with van der Waals surface area (Å²) in [5.74, 6) is -0.222. The Morgan fingerprint density at radius 2 is 1.77 bits per heavy atom. The van der Waals surface area contributed by atoms with E-state index in [0.29, 0.717) is 29.8 Å². The maximum atomic E-state index is 13.5. The highest BCUT2D eigenvalue weighted by Crippen LogP contribution is 2.51. The number of alkyl halides is 3. The largest absolute Gasteiger partial charge is 0.416 e. The Labute approximate surface area is 202 Å². The zero-order valence-electron chi connectivity index (χ0n) is 19.3. The van der Waals surface area contributed by atoms with Crippen LogP contribution in [0.5, 0.6) is 0 Å². The highest BCUT2D eigenvalue weighted by Gasteiger charge is 2.43. The molecule has 0 saturated carbocycles. The molecule has 35 heavy (non-hydrogen) atoms. The van der Waals surface area contributed by atoms with E-state index in [-0.39, 0.29) is 24.0 Å². The van der Waals surface area contributed by atoms with Crippen molar-refractivity contribution in [2.24, 2.45) is 5.92 Å². The number of hydrogen-bond acceptors (Lipinski definition) is 3. The molecular formula is C28H27F3N2O2. The molecule has 2 heterocycles. The van der Waals surface area contributed by atoms with E-state index >= 15 is 0 Å². The topological polar surface area (TPSA) is 50.4 Å². The lowest BCUT2D eigenvalue weighted by Crippen LogP contribution is -2.43. The van der Waals surface area contributed by atoms with Crippen molar-refractivity contribution in [3.63, 3.8) is 0 Å². The summed E-state index contributed by atoms with van der Waals surface area (Å²) >= 11 is 0. The van der Waals surface area contributed by atoms with Gasteiger partial charge in [-0.1, -0.05) is 48.0 Å². The van der Waals surface area contributed by atoms with Crippen molar-refractivity contribution in [1.29, 1.82) is 0 Å². The van der Waals surface area contributed by atoms with Gasteiger partial charge in [0.1, 0.15) is 0 Å². The third-order valence-corrected chi connectivity index (χ3v) is 6.94. The van der Waals surface area contributed by atoms with E-state index in [1.54, 1.807) is 12.1 Å². The minimum atomic E-state index is -4.43. The lowest BCUT2D eigenvalue weighted by Gasteiger charge is -2.46. The molecule has 4 nitrogen and oxygen atoms in total. The van der Waals surface area contributed by atoms with Gasteiger partial charge >= 0.3 is 6.18 Å². The highest BCUT2D eigenvalue weighted by atomic mass is 19.4. The molecule has 182 valence electrons. The number of carbonyl (C=O) groups is 1. The van der Waals surface area contributed by atoms with E-state index in [1.807, 2.05) is 49.4 Å². The highest BCUT2D eigenvalue weighted by molar-refractivity contribution is 5.94. The fourth-order valence-electron chi connectivity index (χ4n) is 5.09. The van der Waals surface area contributed by atoms with Gasteiger partial charge in [0.2, 0.25) is 0 Å². The van der Waals surface area contributed by atoms with Gasteiger partial charge in [-0.05, 0) is 55.7 Å². The zero-order chi connectivity index (χ0) is 24.6. The molecule has 2 aliphatic heterocycles. The van der Waals surface area contributed by atoms with E-state index in [0.717, 1.165) is 23.6 Å². The lowest BCUT2D eigenvalue weighted by molar-refractivity contribution is -0.138. The fourth-order valence-corrected chi connectivity index (χ4v) is 5.09. The fraction of sp³-hybridized carbons (Fsp3) is 0.321. The standard InChI is InChI=1S/C28H27F3N2O2/c1-17-7-9-19(10-8-17)27(34)32-16-21-12-13-22-25(18-5-3-2-4-6-18)33-24-14-11-20(28(29,30)31)15-23(24)26(22)35-21/h2-11,14-15,21-22,25-26,33H,12-13,16H2,1H3,(H,32,34)/t21-,22+,25+,26+/m1/s1. The first-order valence-corrected chi connectivity index (χ1v) is 11.8. The number of amides is 1. The third-order valence-electron chi connectivity index (χ3n) is 6.94. The van der Waals surface area contributed by atoms with Gasteiger partial charge in [0.25, 0.3) is 5.91 Å². The van der Waals surface area contributed by atoms with Gasteiger partial charge in [-0.15, -0.1) is 0 Å². The molecule has 7 heteroatoms. The Balaban J connectivity index is 1.39. The minimum absolute atomic E-state index is 0.0302. The first-order chi connectivity index (χ1) is 16.8. The monoisotopic (exact) mass is 480 g/mol. The lowest BCUT2D eigenvalue weighted by atomic mass is 9.76. The number of hydrogen-bond donors (Lipinski definition) is 2. The molecule has 2 N–H and O–H groups in total. The predicted molar refractivity (Wildman–Crippen MR) is 128 cm³/mol. The van der Waals surface area contributed by atoms with Crippen LogP contribution in [-0.4, -0.2) is 18.6 Å². The Hall–Kier alpha value is -3.32. The van der Waals surface area contributed by atoms with Crippen molar-refractivity contribution < 1.29 is 22.7 Å². The van der Waals surface area contributed by atoms with Crippen LogP contribution in [0.4, 0.5) is 18.9 Å². The number of benzene rings is 3. The van der Waals surface area contributed by atoms with Crippen molar-refractivity contribution >= 4 is 11.6 Å². The SMILES string of the molecule is Cc1ccc(C(=O)NC[C@H]2CC[C@@H]3[C@H](O2)c2cc(C(F)(F)F)ccc2N[C@H]3c2ccccc2)cc1. The second-order valence-electron chi connectivity index (χ2n) is 9.33. The summed E-state index contributed by atoms with van der Waals surface area (Å²) in [7, 11) is 0. The number of nitrogens with one attached hydrogen (secondary N) is 2. The van der Waals surface area contributed by atoms with Gasteiger partial charge in [0.15, 0.2) is 0 Å². The molecule has 2 aliphatic rings. The Kier molecular flexibility index (Phi) is 6.28. The Morgan fingerprint density at radius 3 is 2.49 bits per heavy atom. The van der Waals surface area contributed by atoms with Gasteiger partial charge in [-0.3, -0.25) is 4.79 Å². The molecule has 5 rings (SSSR count). The van der Waals surface area contributed by atoms with Gasteiger partial charge in [0, 0.05) is 29.3 Å². The number of halogens is 3. The second-order valence-corrected chi connectivity index (χ2v) is 9.33. The molecule has 3 aromatic carbocycles. The summed E-state index contributed by atoms with van der Waals surface area (Å²) in [5.41, 5.74) is 3.19. The first kappa shape index (κ1) is 23.4. The first-order valence-electron chi connectivity index (χ1n) is 11.8. The molecule has 3 aromatic rings. The summed E-state index contributed by atoms with van der Waals surface area (Å²) < 4.78 is 46.9. The second kappa shape index (κ2) is 9.38. The van der Waals surface area contributed by atoms with E-state index in [4.69, 9.17) is 4.74 Å². The minimum Gasteiger partial charge on any atom is -0.378 e. The van der Waals surface area contributed by atoms with Crippen LogP contribution in [0.2, 0.25) is 0 Å². The third kappa shape index (κ3) is 4.91. The molecule has 1 fully saturated rings. The molecule has 0 bridgehead atoms. The number of fused-ring (bicyclic) bond motifs is 3. The quantitative estimate of drug-likeness (QED) is 0.451. The molecule has 0 spiro atoms. The normalized spacial score (nSPS) is 23.5. The molecule has 1 saturated heterocycles. The summed E-state index contributed by atoms with van der Waals surface area (Å²) in [6, 6.07) is 20.9. The number of rotatable bonds is 4. The summed E-state index contributed by atoms with van der Waals surface area (Å²) in [6.45, 7) is 2.26. The van der Waals surface area contributed by atoms with Crippen LogP contribution in [0.1, 0.15) is 57.6 Å². The summed E-state index contributed by atoms with van der Waals surface area (Å²) in [6.07, 6.45) is -3.76. The van der Waals surface area contributed by atoms with Crippen LogP contribution < -0.4 is 10.6 Å². The van der Waals surface area contributed by atoms with Crippen molar-refractivity contribution in [2.45, 2.75) is 44.2 Å². The number of carbonyl (C=O) groups excluding carboxylic acids is 1. The van der Waals surface area contributed by atoms with Crippen molar-refractivity contribution in [1.82, 2.24) is 5.32 Å². The van der Waals surface area contributed by atoms with Crippen LogP contribution in [0.25, 0.3) is 0 Å². The van der Waals surface area contributed by atoms with Crippen LogP contribution in [0.3, 0.4) is 0 Å². The van der Waals surface area contributed by atoms with Crippen molar-refractivity contribution in [3.05, 3.63) is 101 Å². The Morgan fingerprint density at radius 1 is 1.03 bits per heavy atom. The van der Waals surface area contributed by atoms with Gasteiger partial charge in [0.05, 0.1) is 23.8 Å². The maximum absolute atomic E-state index is 13.5. The molecule has 0 aromatic heterocycles. The summed E-state index contributed by atoms with van der Waals surface area (Å²) in [4.78, 5) is 12.6. The molecule has 0 aliphatic carbocycles. The average molecular weight is 481 g/mol. The average Bonchev–Trinajstić information content (AvgIpc) is 2.86. The van der Waals surface area contributed by atoms with Crippen LogP contribution in [0, 0.1) is 12.8 Å². The van der Waals surface area contributed by atoms with Crippen molar-refractivity contribution in [2.75, 3.05) is 11.9 Å². The van der Waals surface area contributed by atoms with Gasteiger partial charge < -0.3 is 15.4 Å². The van der Waals surface area contributed by atoms with Crippen LogP contribution >= 0.6 is 0 Å². The zero-order valence-corrected chi connectivity index (χ0v) is 19.3. The maximum Gasteiger partial charge on any atom is 0.416 e. The summed E-state index contributed by atoms with van der Waals surface area (Å²) in [5, 5.41) is 6.39. The molecular weight excluding hydrogens is 453 g/mol. The van der Waals surface area contributed by atoms with Crippen molar-refractivity contribution in [3.8, 4) is 0 Å². The van der Waals surface area contributed by atoms with E-state index in [2.05, 4.69) is 10.6 Å². The molecule has 0 unspecified atom stereocenters. The predicted octanol–water partition coefficient (Wildman–Crippen LogP) is 6.45. The molecule has 0 radical (unpaired) electrons. The number of aryl methyl sites for hydroxylation is 1. The van der Waals surface area contributed by atoms with Gasteiger partial charge in [-0.25, -0.2) is 0 Å². The van der Waals surface area contributed by atoms with Crippen LogP contribution in [0.15, 0.2) is 72.8 Å². The van der Waals surface area contributed by atoms with Gasteiger partial charge in [-0.2, -0.15) is 13.2 Å². The molecule has 4 atom stereocenters.